The van der Waals surface area contributed by atoms with E-state index >= 15 is 0 Å². The van der Waals surface area contributed by atoms with Gasteiger partial charge in [-0.3, -0.25) is 14.6 Å². The van der Waals surface area contributed by atoms with E-state index in [9.17, 15) is 18.3 Å². The van der Waals surface area contributed by atoms with Crippen molar-refractivity contribution >= 4 is 16.4 Å². The maximum absolute atomic E-state index is 11.6. The molecule has 2 fully saturated rings. The van der Waals surface area contributed by atoms with E-state index in [1.807, 2.05) is 0 Å². The second kappa shape index (κ2) is 9.45. The molecule has 0 bridgehead atoms. The van der Waals surface area contributed by atoms with Crippen molar-refractivity contribution in [3.05, 3.63) is 0 Å². The SMILES string of the molecule is CCC1CC(NC=O)CC(C)N1CC(O)CN1CCN(S(C)(=O)=O)CC1. The molecule has 0 aliphatic carbocycles. The van der Waals surface area contributed by atoms with Crippen LogP contribution < -0.4 is 5.32 Å². The van der Waals surface area contributed by atoms with Crippen molar-refractivity contribution in [2.75, 3.05) is 45.5 Å². The summed E-state index contributed by atoms with van der Waals surface area (Å²) in [5, 5.41) is 13.5. The van der Waals surface area contributed by atoms with Gasteiger partial charge in [-0.05, 0) is 26.2 Å². The zero-order chi connectivity index (χ0) is 19.3. The molecule has 2 heterocycles. The molecule has 8 nitrogen and oxygen atoms in total. The number of aliphatic hydroxyl groups excluding tert-OH is 1. The van der Waals surface area contributed by atoms with Crippen molar-refractivity contribution in [1.82, 2.24) is 19.4 Å². The third kappa shape index (κ3) is 5.88. The molecule has 2 aliphatic heterocycles. The van der Waals surface area contributed by atoms with Gasteiger partial charge in [0.1, 0.15) is 0 Å². The van der Waals surface area contributed by atoms with Crippen molar-refractivity contribution in [1.29, 1.82) is 0 Å². The number of hydrogen-bond donors (Lipinski definition) is 2. The van der Waals surface area contributed by atoms with Crippen LogP contribution in [0.2, 0.25) is 0 Å². The molecule has 0 aromatic rings. The molecular formula is C17H34N4O4S. The molecule has 9 heteroatoms. The van der Waals surface area contributed by atoms with Crippen LogP contribution in [-0.2, 0) is 14.8 Å². The van der Waals surface area contributed by atoms with Crippen LogP contribution in [0.15, 0.2) is 0 Å². The number of likely N-dealkylation sites (tertiary alicyclic amines) is 1. The fourth-order valence-corrected chi connectivity index (χ4v) is 5.10. The number of piperidine rings is 1. The highest BCUT2D eigenvalue weighted by Crippen LogP contribution is 2.25. The summed E-state index contributed by atoms with van der Waals surface area (Å²) in [7, 11) is -3.12. The maximum Gasteiger partial charge on any atom is 0.211 e. The fourth-order valence-electron chi connectivity index (χ4n) is 4.27. The van der Waals surface area contributed by atoms with Gasteiger partial charge in [0.2, 0.25) is 16.4 Å². The normalized spacial score (nSPS) is 30.8. The Balaban J connectivity index is 1.83. The second-order valence-corrected chi connectivity index (χ2v) is 9.66. The van der Waals surface area contributed by atoms with Crippen molar-refractivity contribution in [3.8, 4) is 0 Å². The number of β-amino-alcohol motifs (C(OH)–C–C–N with tert-alkyl or cyclic N) is 1. The number of nitrogens with one attached hydrogen (secondary N) is 1. The lowest BCUT2D eigenvalue weighted by molar-refractivity contribution is -0.110. The van der Waals surface area contributed by atoms with Gasteiger partial charge in [-0.15, -0.1) is 0 Å². The predicted octanol–water partition coefficient (Wildman–Crippen LogP) is -0.698. The Bertz CT molecular complexity index is 551. The number of sulfonamides is 1. The predicted molar refractivity (Wildman–Crippen MR) is 101 cm³/mol. The zero-order valence-corrected chi connectivity index (χ0v) is 17.0. The Morgan fingerprint density at radius 3 is 2.38 bits per heavy atom. The third-order valence-corrected chi connectivity index (χ3v) is 6.99. The molecule has 0 aromatic heterocycles. The van der Waals surface area contributed by atoms with E-state index in [-0.39, 0.29) is 6.04 Å². The van der Waals surface area contributed by atoms with Gasteiger partial charge in [0.25, 0.3) is 0 Å². The molecule has 4 unspecified atom stereocenters. The first kappa shape index (κ1) is 21.6. The van der Waals surface area contributed by atoms with Crippen LogP contribution in [0.25, 0.3) is 0 Å². The van der Waals surface area contributed by atoms with Crippen LogP contribution in [-0.4, -0.2) is 104 Å². The number of nitrogens with zero attached hydrogens (tertiary/aromatic N) is 3. The quantitative estimate of drug-likeness (QED) is 0.533. The first-order chi connectivity index (χ1) is 12.2. The molecule has 4 atom stereocenters. The van der Waals surface area contributed by atoms with Gasteiger partial charge >= 0.3 is 0 Å². The van der Waals surface area contributed by atoms with E-state index in [4.69, 9.17) is 0 Å². The molecule has 152 valence electrons. The lowest BCUT2D eigenvalue weighted by Gasteiger charge is -2.45. The van der Waals surface area contributed by atoms with E-state index in [2.05, 4.69) is 29.0 Å². The first-order valence-corrected chi connectivity index (χ1v) is 11.4. The van der Waals surface area contributed by atoms with Crippen molar-refractivity contribution in [3.63, 3.8) is 0 Å². The summed E-state index contributed by atoms with van der Waals surface area (Å²) in [5.74, 6) is 0. The van der Waals surface area contributed by atoms with Crippen LogP contribution in [0.4, 0.5) is 0 Å². The molecule has 2 saturated heterocycles. The summed E-state index contributed by atoms with van der Waals surface area (Å²) in [6.07, 6.45) is 4.36. The summed E-state index contributed by atoms with van der Waals surface area (Å²) in [4.78, 5) is 15.2. The monoisotopic (exact) mass is 390 g/mol. The summed E-state index contributed by atoms with van der Waals surface area (Å²) in [5.41, 5.74) is 0. The molecule has 0 saturated carbocycles. The first-order valence-electron chi connectivity index (χ1n) is 9.55. The van der Waals surface area contributed by atoms with E-state index in [0.717, 1.165) is 25.7 Å². The number of piperazine rings is 1. The van der Waals surface area contributed by atoms with Gasteiger partial charge in [0.05, 0.1) is 12.4 Å². The van der Waals surface area contributed by atoms with Crippen LogP contribution in [0.3, 0.4) is 0 Å². The molecule has 0 aromatic carbocycles. The molecule has 0 spiro atoms. The van der Waals surface area contributed by atoms with E-state index in [1.54, 1.807) is 0 Å². The highest BCUT2D eigenvalue weighted by atomic mass is 32.2. The molecular weight excluding hydrogens is 356 g/mol. The molecule has 2 aliphatic rings. The van der Waals surface area contributed by atoms with E-state index in [0.29, 0.717) is 51.4 Å². The highest BCUT2D eigenvalue weighted by molar-refractivity contribution is 7.88. The van der Waals surface area contributed by atoms with E-state index < -0.39 is 16.1 Å². The lowest BCUT2D eigenvalue weighted by Crippen LogP contribution is -2.56. The highest BCUT2D eigenvalue weighted by Gasteiger charge is 2.34. The van der Waals surface area contributed by atoms with Crippen molar-refractivity contribution in [2.24, 2.45) is 0 Å². The minimum Gasteiger partial charge on any atom is -0.390 e. The minimum atomic E-state index is -3.12. The Hall–Kier alpha value is -0.740. The number of rotatable bonds is 8. The number of amides is 1. The van der Waals surface area contributed by atoms with E-state index in [1.165, 1.54) is 10.6 Å². The van der Waals surface area contributed by atoms with Gasteiger partial charge in [-0.25, -0.2) is 8.42 Å². The minimum absolute atomic E-state index is 0.213. The van der Waals surface area contributed by atoms with Crippen LogP contribution in [0, 0.1) is 0 Å². The summed E-state index contributed by atoms with van der Waals surface area (Å²) >= 11 is 0. The molecule has 0 radical (unpaired) electrons. The van der Waals surface area contributed by atoms with Crippen LogP contribution >= 0.6 is 0 Å². The third-order valence-electron chi connectivity index (χ3n) is 5.68. The number of carbonyl (C=O) groups excluding carboxylic acids is 1. The van der Waals surface area contributed by atoms with Crippen molar-refractivity contribution in [2.45, 2.75) is 57.3 Å². The summed E-state index contributed by atoms with van der Waals surface area (Å²) < 4.78 is 24.7. The molecule has 26 heavy (non-hydrogen) atoms. The van der Waals surface area contributed by atoms with Gasteiger partial charge in [0, 0.05) is 57.4 Å². The second-order valence-electron chi connectivity index (χ2n) is 7.68. The average molecular weight is 391 g/mol. The smallest absolute Gasteiger partial charge is 0.211 e. The Morgan fingerprint density at radius 2 is 1.85 bits per heavy atom. The lowest BCUT2D eigenvalue weighted by atomic mass is 9.90. The van der Waals surface area contributed by atoms with Gasteiger partial charge in [-0.2, -0.15) is 4.31 Å². The number of carbonyl (C=O) groups is 1. The summed E-state index contributed by atoms with van der Waals surface area (Å²) in [6, 6.07) is 0.876. The van der Waals surface area contributed by atoms with Gasteiger partial charge < -0.3 is 10.4 Å². The van der Waals surface area contributed by atoms with Crippen molar-refractivity contribution < 1.29 is 18.3 Å². The van der Waals surface area contributed by atoms with Gasteiger partial charge in [-0.1, -0.05) is 6.92 Å². The standard InChI is InChI=1S/C17H34N4O4S/c1-4-16-10-15(18-13-22)9-14(2)21(16)12-17(23)11-19-5-7-20(8-6-19)26(3,24)25/h13-17,23H,4-12H2,1-3H3,(H,18,22). The fraction of sp³-hybridized carbons (Fsp3) is 0.941. The summed E-state index contributed by atoms with van der Waals surface area (Å²) in [6.45, 7) is 7.76. The van der Waals surface area contributed by atoms with Crippen LogP contribution in [0.1, 0.15) is 33.1 Å². The van der Waals surface area contributed by atoms with Gasteiger partial charge in [0.15, 0.2) is 0 Å². The Labute approximate surface area is 157 Å². The Morgan fingerprint density at radius 1 is 1.19 bits per heavy atom. The number of aliphatic hydroxyl groups is 1. The zero-order valence-electron chi connectivity index (χ0n) is 16.2. The largest absolute Gasteiger partial charge is 0.390 e. The molecule has 2 rings (SSSR count). The molecule has 1 amide bonds. The average Bonchev–Trinajstić information content (AvgIpc) is 2.57. The topological polar surface area (TPSA) is 93.2 Å². The maximum atomic E-state index is 11.6. The Kier molecular flexibility index (Phi) is 7.84. The number of hydrogen-bond acceptors (Lipinski definition) is 6. The molecule has 2 N–H and O–H groups in total. The van der Waals surface area contributed by atoms with Crippen LogP contribution in [0.5, 0.6) is 0 Å².